The summed E-state index contributed by atoms with van der Waals surface area (Å²) < 4.78 is 20.2. The maximum atomic E-state index is 14.4. The van der Waals surface area contributed by atoms with Gasteiger partial charge in [-0.15, -0.1) is 0 Å². The molecule has 1 aliphatic heterocycles. The fourth-order valence-corrected chi connectivity index (χ4v) is 3.52. The minimum Gasteiger partial charge on any atom is -0.480 e. The lowest BCUT2D eigenvalue weighted by Crippen LogP contribution is -2.45. The third kappa shape index (κ3) is 3.93. The van der Waals surface area contributed by atoms with Crippen LogP contribution in [-0.4, -0.2) is 28.0 Å². The van der Waals surface area contributed by atoms with Crippen LogP contribution in [0.5, 0.6) is 5.75 Å². The molecule has 28 heavy (non-hydrogen) atoms. The fraction of sp³-hybridized carbons (Fsp3) is 0.300. The van der Waals surface area contributed by atoms with E-state index in [-0.39, 0.29) is 34.4 Å². The quantitative estimate of drug-likeness (QED) is 0.770. The SMILES string of the molecule is CC(C)C1Oc2ccc(Cl)cc2C(C(=O)O)N(Cc2ccc(Cl)cc2F)C1=O. The molecule has 5 nitrogen and oxygen atoms in total. The van der Waals surface area contributed by atoms with Crippen LogP contribution in [0.25, 0.3) is 0 Å². The number of carbonyl (C=O) groups excluding carboxylic acids is 1. The molecule has 0 radical (unpaired) electrons. The number of fused-ring (bicyclic) bond motifs is 1. The largest absolute Gasteiger partial charge is 0.480 e. The smallest absolute Gasteiger partial charge is 0.331 e. The second-order valence-corrected chi connectivity index (χ2v) is 7.78. The van der Waals surface area contributed by atoms with Crippen LogP contribution < -0.4 is 4.74 Å². The van der Waals surface area contributed by atoms with Crippen LogP contribution in [0.3, 0.4) is 0 Å². The molecular weight excluding hydrogens is 408 g/mol. The number of carbonyl (C=O) groups is 2. The first kappa shape index (κ1) is 20.4. The maximum absolute atomic E-state index is 14.4. The van der Waals surface area contributed by atoms with Crippen molar-refractivity contribution in [1.82, 2.24) is 4.90 Å². The predicted octanol–water partition coefficient (Wildman–Crippen LogP) is 4.70. The molecule has 1 aliphatic rings. The lowest BCUT2D eigenvalue weighted by Gasteiger charge is -2.30. The maximum Gasteiger partial charge on any atom is 0.331 e. The van der Waals surface area contributed by atoms with E-state index in [2.05, 4.69) is 0 Å². The van der Waals surface area contributed by atoms with E-state index in [1.54, 1.807) is 26.0 Å². The molecule has 1 N–H and O–H groups in total. The van der Waals surface area contributed by atoms with Gasteiger partial charge in [-0.3, -0.25) is 4.79 Å². The molecule has 8 heteroatoms. The summed E-state index contributed by atoms with van der Waals surface area (Å²) >= 11 is 11.9. The molecule has 2 atom stereocenters. The van der Waals surface area contributed by atoms with Gasteiger partial charge in [-0.2, -0.15) is 0 Å². The number of ether oxygens (including phenoxy) is 1. The molecule has 0 spiro atoms. The van der Waals surface area contributed by atoms with E-state index < -0.39 is 29.8 Å². The number of carboxylic acid groups (broad SMARTS) is 1. The highest BCUT2D eigenvalue weighted by Crippen LogP contribution is 2.38. The molecule has 2 aromatic carbocycles. The van der Waals surface area contributed by atoms with Crippen molar-refractivity contribution in [3.63, 3.8) is 0 Å². The van der Waals surface area contributed by atoms with Gasteiger partial charge in [0.1, 0.15) is 11.6 Å². The van der Waals surface area contributed by atoms with Crippen LogP contribution in [0.15, 0.2) is 36.4 Å². The highest BCUT2D eigenvalue weighted by Gasteiger charge is 2.42. The monoisotopic (exact) mass is 425 g/mol. The van der Waals surface area contributed by atoms with Crippen molar-refractivity contribution in [1.29, 1.82) is 0 Å². The van der Waals surface area contributed by atoms with Gasteiger partial charge in [-0.25, -0.2) is 9.18 Å². The number of hydrogen-bond donors (Lipinski definition) is 1. The number of carboxylic acids is 1. The summed E-state index contributed by atoms with van der Waals surface area (Å²) in [7, 11) is 0. The summed E-state index contributed by atoms with van der Waals surface area (Å²) in [6.07, 6.45) is -0.917. The molecule has 3 rings (SSSR count). The molecule has 1 heterocycles. The van der Waals surface area contributed by atoms with Crippen LogP contribution in [-0.2, 0) is 16.1 Å². The summed E-state index contributed by atoms with van der Waals surface area (Å²) in [5.74, 6) is -2.39. The van der Waals surface area contributed by atoms with Gasteiger partial charge in [0, 0.05) is 27.7 Å². The van der Waals surface area contributed by atoms with Gasteiger partial charge < -0.3 is 14.7 Å². The van der Waals surface area contributed by atoms with Crippen molar-refractivity contribution in [2.24, 2.45) is 5.92 Å². The van der Waals surface area contributed by atoms with Gasteiger partial charge in [0.05, 0.1) is 0 Å². The molecule has 0 fully saturated rings. The number of benzene rings is 2. The van der Waals surface area contributed by atoms with Gasteiger partial charge in [0.15, 0.2) is 12.1 Å². The third-order valence-electron chi connectivity index (χ3n) is 4.55. The van der Waals surface area contributed by atoms with E-state index in [0.717, 1.165) is 11.0 Å². The zero-order valence-corrected chi connectivity index (χ0v) is 16.7. The van der Waals surface area contributed by atoms with E-state index in [9.17, 15) is 19.1 Å². The van der Waals surface area contributed by atoms with E-state index in [1.807, 2.05) is 0 Å². The average molecular weight is 426 g/mol. The Kier molecular flexibility index (Phi) is 5.82. The molecule has 0 saturated carbocycles. The van der Waals surface area contributed by atoms with Crippen LogP contribution in [0.4, 0.5) is 4.39 Å². The van der Waals surface area contributed by atoms with Crippen LogP contribution >= 0.6 is 23.2 Å². The second kappa shape index (κ2) is 7.97. The summed E-state index contributed by atoms with van der Waals surface area (Å²) in [4.78, 5) is 26.4. The van der Waals surface area contributed by atoms with E-state index in [1.165, 1.54) is 18.2 Å². The Morgan fingerprint density at radius 2 is 1.86 bits per heavy atom. The Labute approximate surface area is 171 Å². The number of nitrogens with zero attached hydrogens (tertiary/aromatic N) is 1. The molecule has 0 saturated heterocycles. The summed E-state index contributed by atoms with van der Waals surface area (Å²) in [5.41, 5.74) is 0.392. The standard InChI is InChI=1S/C20H18Cl2FNO4/c1-10(2)18-19(25)24(9-11-3-4-13(22)8-15(11)23)17(20(26)27)14-7-12(21)5-6-16(14)28-18/h3-8,10,17-18H,9H2,1-2H3,(H,26,27). The lowest BCUT2D eigenvalue weighted by molar-refractivity contribution is -0.154. The molecule has 0 bridgehead atoms. The minimum absolute atomic E-state index is 0.150. The number of hydrogen-bond acceptors (Lipinski definition) is 3. The van der Waals surface area contributed by atoms with E-state index in [4.69, 9.17) is 27.9 Å². The molecule has 1 amide bonds. The molecule has 0 aliphatic carbocycles. The van der Waals surface area contributed by atoms with Crippen molar-refractivity contribution in [3.05, 3.63) is 63.4 Å². The summed E-state index contributed by atoms with van der Waals surface area (Å²) in [6.45, 7) is 3.33. The van der Waals surface area contributed by atoms with Gasteiger partial charge in [0.2, 0.25) is 0 Å². The number of rotatable bonds is 4. The summed E-state index contributed by atoms with van der Waals surface area (Å²) in [5, 5.41) is 10.4. The first-order valence-electron chi connectivity index (χ1n) is 8.62. The Morgan fingerprint density at radius 1 is 1.21 bits per heavy atom. The van der Waals surface area contributed by atoms with Gasteiger partial charge in [0.25, 0.3) is 5.91 Å². The van der Waals surface area contributed by atoms with Crippen molar-refractivity contribution in [2.75, 3.05) is 0 Å². The Hall–Kier alpha value is -2.31. The third-order valence-corrected chi connectivity index (χ3v) is 5.02. The number of halogens is 3. The van der Waals surface area contributed by atoms with Crippen molar-refractivity contribution in [2.45, 2.75) is 32.5 Å². The normalized spacial score (nSPS) is 19.2. The highest BCUT2D eigenvalue weighted by atomic mass is 35.5. The lowest BCUT2D eigenvalue weighted by atomic mass is 10.0. The van der Waals surface area contributed by atoms with E-state index >= 15 is 0 Å². The first-order valence-corrected chi connectivity index (χ1v) is 9.38. The highest BCUT2D eigenvalue weighted by molar-refractivity contribution is 6.31. The predicted molar refractivity (Wildman–Crippen MR) is 103 cm³/mol. The molecule has 2 unspecified atom stereocenters. The van der Waals surface area contributed by atoms with Crippen LogP contribution in [0, 0.1) is 11.7 Å². The molecular formula is C20H18Cl2FNO4. The van der Waals surface area contributed by atoms with Crippen molar-refractivity contribution < 1.29 is 23.8 Å². The number of aliphatic carboxylic acids is 1. The zero-order chi connectivity index (χ0) is 20.6. The molecule has 148 valence electrons. The Bertz CT molecular complexity index is 934. The Morgan fingerprint density at radius 3 is 2.46 bits per heavy atom. The van der Waals surface area contributed by atoms with Crippen LogP contribution in [0.1, 0.15) is 31.0 Å². The van der Waals surface area contributed by atoms with Crippen LogP contribution in [0.2, 0.25) is 10.0 Å². The average Bonchev–Trinajstić information content (AvgIpc) is 2.72. The van der Waals surface area contributed by atoms with Crippen molar-refractivity contribution in [3.8, 4) is 5.75 Å². The Balaban J connectivity index is 2.14. The van der Waals surface area contributed by atoms with Gasteiger partial charge >= 0.3 is 5.97 Å². The van der Waals surface area contributed by atoms with Crippen molar-refractivity contribution >= 4 is 35.1 Å². The molecule has 0 aromatic heterocycles. The number of amides is 1. The fourth-order valence-electron chi connectivity index (χ4n) is 3.18. The topological polar surface area (TPSA) is 66.8 Å². The summed E-state index contributed by atoms with van der Waals surface area (Å²) in [6, 6.07) is 7.23. The molecule has 2 aromatic rings. The minimum atomic E-state index is -1.37. The van der Waals surface area contributed by atoms with Gasteiger partial charge in [-0.05, 0) is 36.2 Å². The second-order valence-electron chi connectivity index (χ2n) is 6.91. The first-order chi connectivity index (χ1) is 13.2. The zero-order valence-electron chi connectivity index (χ0n) is 15.2. The van der Waals surface area contributed by atoms with Gasteiger partial charge in [-0.1, -0.05) is 43.1 Å². The van der Waals surface area contributed by atoms with E-state index in [0.29, 0.717) is 5.02 Å².